The molecule has 0 aliphatic rings. The van der Waals surface area contributed by atoms with Gasteiger partial charge in [-0.15, -0.1) is 0 Å². The highest BCUT2D eigenvalue weighted by atomic mass is 19.4. The van der Waals surface area contributed by atoms with E-state index in [9.17, 15) is 35.1 Å². The van der Waals surface area contributed by atoms with Crippen molar-refractivity contribution in [2.24, 2.45) is 0 Å². The molecule has 0 saturated carbocycles. The first-order chi connectivity index (χ1) is 14.3. The Kier molecular flexibility index (Phi) is 5.72. The van der Waals surface area contributed by atoms with Gasteiger partial charge in [-0.2, -0.15) is 40.2 Å². The Hall–Kier alpha value is -3.11. The third kappa shape index (κ3) is 4.64. The van der Waals surface area contributed by atoms with Gasteiger partial charge in [-0.1, -0.05) is 24.3 Å². The van der Waals surface area contributed by atoms with Gasteiger partial charge < -0.3 is 5.32 Å². The van der Waals surface area contributed by atoms with Crippen molar-refractivity contribution in [1.29, 1.82) is 0 Å². The van der Waals surface area contributed by atoms with E-state index >= 15 is 0 Å². The molecule has 0 radical (unpaired) electrons. The first-order valence-corrected chi connectivity index (χ1v) is 8.79. The highest BCUT2D eigenvalue weighted by Crippen LogP contribution is 2.47. The maximum absolute atomic E-state index is 14.2. The van der Waals surface area contributed by atoms with Gasteiger partial charge in [0.2, 0.25) is 0 Å². The third-order valence-electron chi connectivity index (χ3n) is 4.53. The van der Waals surface area contributed by atoms with Gasteiger partial charge in [0.25, 0.3) is 0 Å². The molecule has 0 aliphatic carbocycles. The fourth-order valence-electron chi connectivity index (χ4n) is 2.88. The van der Waals surface area contributed by atoms with Gasteiger partial charge in [-0.05, 0) is 29.8 Å². The fourth-order valence-corrected chi connectivity index (χ4v) is 2.88. The molecule has 0 fully saturated rings. The SMILES string of the molecule is CNc1ccc(Cn2cc(C(F)(F)C(F)(F)F)c(-c3ccc(C(F)(F)F)cc3)n2)cc1. The molecule has 1 aromatic heterocycles. The largest absolute Gasteiger partial charge is 0.458 e. The van der Waals surface area contributed by atoms with Gasteiger partial charge in [0.15, 0.2) is 0 Å². The Morgan fingerprint density at radius 3 is 1.90 bits per heavy atom. The molecule has 1 N–H and O–H groups in total. The molecule has 0 spiro atoms. The highest BCUT2D eigenvalue weighted by molar-refractivity contribution is 5.64. The van der Waals surface area contributed by atoms with Crippen molar-refractivity contribution in [3.8, 4) is 11.3 Å². The summed E-state index contributed by atoms with van der Waals surface area (Å²) in [5.74, 6) is -5.25. The minimum Gasteiger partial charge on any atom is -0.388 e. The molecule has 1 heterocycles. The molecule has 0 unspecified atom stereocenters. The van der Waals surface area contributed by atoms with Crippen molar-refractivity contribution >= 4 is 5.69 Å². The number of rotatable bonds is 5. The average Bonchev–Trinajstić information content (AvgIpc) is 3.11. The predicted octanol–water partition coefficient (Wildman–Crippen LogP) is 6.31. The van der Waals surface area contributed by atoms with E-state index in [0.29, 0.717) is 23.9 Å². The van der Waals surface area contributed by atoms with Crippen molar-refractivity contribution < 1.29 is 35.1 Å². The summed E-state index contributed by atoms with van der Waals surface area (Å²) in [6, 6.07) is 9.45. The minimum absolute atomic E-state index is 0.119. The van der Waals surface area contributed by atoms with Crippen LogP contribution in [0.2, 0.25) is 0 Å². The topological polar surface area (TPSA) is 29.9 Å². The lowest BCUT2D eigenvalue weighted by atomic mass is 10.0. The van der Waals surface area contributed by atoms with Crippen molar-refractivity contribution in [2.75, 3.05) is 12.4 Å². The van der Waals surface area contributed by atoms with Crippen LogP contribution in [0.25, 0.3) is 11.3 Å². The molecule has 166 valence electrons. The molecule has 0 bridgehead atoms. The van der Waals surface area contributed by atoms with Crippen LogP contribution in [0.1, 0.15) is 16.7 Å². The zero-order valence-electron chi connectivity index (χ0n) is 15.8. The van der Waals surface area contributed by atoms with Crippen LogP contribution < -0.4 is 5.32 Å². The van der Waals surface area contributed by atoms with E-state index in [1.807, 2.05) is 0 Å². The van der Waals surface area contributed by atoms with Crippen molar-refractivity contribution in [2.45, 2.75) is 24.8 Å². The average molecular weight is 449 g/mol. The molecule has 3 rings (SSSR count). The van der Waals surface area contributed by atoms with Crippen LogP contribution in [0.4, 0.5) is 40.8 Å². The first kappa shape index (κ1) is 22.6. The lowest BCUT2D eigenvalue weighted by molar-refractivity contribution is -0.289. The summed E-state index contributed by atoms with van der Waals surface area (Å²) in [5.41, 5.74) is -2.21. The van der Waals surface area contributed by atoms with Gasteiger partial charge in [0.1, 0.15) is 5.69 Å². The van der Waals surface area contributed by atoms with E-state index in [-0.39, 0.29) is 12.1 Å². The summed E-state index contributed by atoms with van der Waals surface area (Å²) in [5, 5.41) is 6.71. The summed E-state index contributed by atoms with van der Waals surface area (Å²) < 4.78 is 107. The minimum atomic E-state index is -5.91. The smallest absolute Gasteiger partial charge is 0.388 e. The van der Waals surface area contributed by atoms with Gasteiger partial charge in [0, 0.05) is 24.5 Å². The molecule has 2 aromatic carbocycles. The second-order valence-electron chi connectivity index (χ2n) is 6.68. The Morgan fingerprint density at radius 1 is 0.839 bits per heavy atom. The molecular weight excluding hydrogens is 434 g/mol. The van der Waals surface area contributed by atoms with Crippen molar-refractivity contribution in [3.05, 3.63) is 71.4 Å². The molecule has 3 aromatic rings. The summed E-state index contributed by atoms with van der Waals surface area (Å²) in [6.45, 7) is -0.119. The molecule has 31 heavy (non-hydrogen) atoms. The first-order valence-electron chi connectivity index (χ1n) is 8.79. The lowest BCUT2D eigenvalue weighted by Crippen LogP contribution is -2.33. The van der Waals surface area contributed by atoms with Gasteiger partial charge in [-0.25, -0.2) is 0 Å². The normalized spacial score (nSPS) is 12.8. The van der Waals surface area contributed by atoms with E-state index < -0.39 is 35.1 Å². The van der Waals surface area contributed by atoms with Crippen LogP contribution in [0.3, 0.4) is 0 Å². The van der Waals surface area contributed by atoms with E-state index in [1.165, 1.54) is 0 Å². The Labute approximate surface area is 171 Å². The zero-order valence-corrected chi connectivity index (χ0v) is 15.8. The molecule has 11 heteroatoms. The van der Waals surface area contributed by atoms with E-state index in [2.05, 4.69) is 10.4 Å². The maximum Gasteiger partial charge on any atom is 0.458 e. The van der Waals surface area contributed by atoms with Crippen molar-refractivity contribution in [3.63, 3.8) is 0 Å². The Bertz CT molecular complexity index is 1030. The third-order valence-corrected chi connectivity index (χ3v) is 4.53. The number of nitrogens with zero attached hydrogens (tertiary/aromatic N) is 2. The summed E-state index contributed by atoms with van der Waals surface area (Å²) in [6.07, 6.45) is -10.0. The molecular formula is C20H15F8N3. The van der Waals surface area contributed by atoms with E-state index in [1.54, 1.807) is 31.3 Å². The second-order valence-corrected chi connectivity index (χ2v) is 6.68. The van der Waals surface area contributed by atoms with Crippen LogP contribution in [0.5, 0.6) is 0 Å². The lowest BCUT2D eigenvalue weighted by Gasteiger charge is -2.19. The number of nitrogens with one attached hydrogen (secondary N) is 1. The summed E-state index contributed by atoms with van der Waals surface area (Å²) >= 11 is 0. The maximum atomic E-state index is 14.2. The van der Waals surface area contributed by atoms with E-state index in [4.69, 9.17) is 0 Å². The molecule has 3 nitrogen and oxygen atoms in total. The Balaban J connectivity index is 2.05. The monoisotopic (exact) mass is 449 g/mol. The molecule has 0 saturated heterocycles. The van der Waals surface area contributed by atoms with Crippen LogP contribution in [0.15, 0.2) is 54.7 Å². The number of aromatic nitrogens is 2. The molecule has 0 atom stereocenters. The van der Waals surface area contributed by atoms with Crippen molar-refractivity contribution in [1.82, 2.24) is 9.78 Å². The summed E-state index contributed by atoms with van der Waals surface area (Å²) in [7, 11) is 1.68. The Morgan fingerprint density at radius 2 is 1.42 bits per heavy atom. The number of benzene rings is 2. The van der Waals surface area contributed by atoms with E-state index in [0.717, 1.165) is 22.5 Å². The van der Waals surface area contributed by atoms with Crippen LogP contribution in [0, 0.1) is 0 Å². The van der Waals surface area contributed by atoms with Gasteiger partial charge in [-0.3, -0.25) is 4.68 Å². The fraction of sp³-hybridized carbons (Fsp3) is 0.250. The van der Waals surface area contributed by atoms with Gasteiger partial charge >= 0.3 is 18.3 Å². The molecule has 0 amide bonds. The van der Waals surface area contributed by atoms with Crippen LogP contribution >= 0.6 is 0 Å². The standard InChI is InChI=1S/C20H15F8N3/c1-29-15-8-2-12(3-9-15)10-31-11-16(18(21,22)20(26,27)28)17(30-31)13-4-6-14(7-5-13)19(23,24)25/h2-9,11,29H,10H2,1H3. The number of hydrogen-bond acceptors (Lipinski definition) is 2. The molecule has 0 aliphatic heterocycles. The van der Waals surface area contributed by atoms with Crippen LogP contribution in [-0.4, -0.2) is 23.0 Å². The number of alkyl halides is 8. The zero-order chi connectivity index (χ0) is 23.0. The van der Waals surface area contributed by atoms with Gasteiger partial charge in [0.05, 0.1) is 17.7 Å². The quantitative estimate of drug-likeness (QED) is 0.463. The summed E-state index contributed by atoms with van der Waals surface area (Å²) in [4.78, 5) is 0. The predicted molar refractivity (Wildman–Crippen MR) is 97.7 cm³/mol. The second kappa shape index (κ2) is 7.86. The van der Waals surface area contributed by atoms with Crippen LogP contribution in [-0.2, 0) is 18.6 Å². The highest BCUT2D eigenvalue weighted by Gasteiger charge is 2.60. The number of anilines is 1. The number of hydrogen-bond donors (Lipinski definition) is 1. The number of halogens is 8.